The molecule has 0 fully saturated rings. The number of H-pyrrole nitrogens is 1. The molecule has 29 heavy (non-hydrogen) atoms. The van der Waals surface area contributed by atoms with Crippen molar-refractivity contribution in [3.8, 4) is 17.2 Å². The summed E-state index contributed by atoms with van der Waals surface area (Å²) in [7, 11) is 1.60. The minimum atomic E-state index is -0.144. The largest absolute Gasteiger partial charge is 0.361 e. The summed E-state index contributed by atoms with van der Waals surface area (Å²) in [5, 5.41) is 16.8. The lowest BCUT2D eigenvalue weighted by Gasteiger charge is -2.16. The Morgan fingerprint density at radius 3 is 2.62 bits per heavy atom. The smallest absolute Gasteiger partial charge is 0.251 e. The molecule has 2 aromatic carbocycles. The summed E-state index contributed by atoms with van der Waals surface area (Å²) in [4.78, 5) is 19.2. The van der Waals surface area contributed by atoms with Gasteiger partial charge in [0.25, 0.3) is 5.91 Å². The molecule has 0 aliphatic rings. The second-order valence-corrected chi connectivity index (χ2v) is 6.68. The zero-order valence-corrected chi connectivity index (χ0v) is 16.1. The highest BCUT2D eigenvalue weighted by molar-refractivity contribution is 5.95. The molecule has 4 rings (SSSR count). The highest BCUT2D eigenvalue weighted by Crippen LogP contribution is 2.35. The van der Waals surface area contributed by atoms with Crippen molar-refractivity contribution >= 4 is 28.2 Å². The van der Waals surface area contributed by atoms with Crippen LogP contribution in [0.4, 0.5) is 11.4 Å². The first-order valence-electron chi connectivity index (χ1n) is 9.16. The first-order valence-corrected chi connectivity index (χ1v) is 9.16. The van der Waals surface area contributed by atoms with Crippen molar-refractivity contribution in [2.24, 2.45) is 0 Å². The fourth-order valence-electron chi connectivity index (χ4n) is 3.40. The molecule has 6 heteroatoms. The molecule has 0 aliphatic carbocycles. The molecular formula is C23H19N5O. The van der Waals surface area contributed by atoms with Crippen molar-refractivity contribution in [1.82, 2.24) is 15.3 Å². The molecule has 0 atom stereocenters. The summed E-state index contributed by atoms with van der Waals surface area (Å²) in [6.07, 6.45) is 5.19. The van der Waals surface area contributed by atoms with Gasteiger partial charge in [0, 0.05) is 53.4 Å². The number of amides is 1. The van der Waals surface area contributed by atoms with Crippen LogP contribution in [0.2, 0.25) is 0 Å². The zero-order chi connectivity index (χ0) is 20.4. The summed E-state index contributed by atoms with van der Waals surface area (Å²) in [6.45, 7) is 2.05. The van der Waals surface area contributed by atoms with E-state index in [1.165, 1.54) is 0 Å². The summed E-state index contributed by atoms with van der Waals surface area (Å²) in [5.74, 6) is -0.144. The lowest BCUT2D eigenvalue weighted by molar-refractivity contribution is 0.0963. The normalized spacial score (nSPS) is 10.5. The SMILES string of the molecule is CNC(=O)c1ccc(-c2cncc(C#N)c2Nc2ccc3[nH]ccc3c2C)cc1. The van der Waals surface area contributed by atoms with Crippen LogP contribution in [0.3, 0.4) is 0 Å². The Morgan fingerprint density at radius 2 is 1.90 bits per heavy atom. The highest BCUT2D eigenvalue weighted by atomic mass is 16.1. The van der Waals surface area contributed by atoms with Crippen LogP contribution in [0.15, 0.2) is 61.1 Å². The van der Waals surface area contributed by atoms with Crippen molar-refractivity contribution in [2.45, 2.75) is 6.92 Å². The summed E-state index contributed by atoms with van der Waals surface area (Å²) >= 11 is 0. The highest BCUT2D eigenvalue weighted by Gasteiger charge is 2.14. The molecule has 142 valence electrons. The van der Waals surface area contributed by atoms with Crippen molar-refractivity contribution in [3.63, 3.8) is 0 Å². The van der Waals surface area contributed by atoms with E-state index in [0.717, 1.165) is 33.3 Å². The number of hydrogen-bond donors (Lipinski definition) is 3. The van der Waals surface area contributed by atoms with E-state index < -0.39 is 0 Å². The standard InChI is InChI=1S/C23H19N5O/c1-14-18-9-10-27-21(18)8-7-20(14)28-22-17(11-24)12-26-13-19(22)15-3-5-16(6-4-15)23(29)25-2/h3-10,12-13,27H,1-2H3,(H,25,29)(H,26,28). The minimum Gasteiger partial charge on any atom is -0.361 e. The maximum absolute atomic E-state index is 11.8. The van der Waals surface area contributed by atoms with Gasteiger partial charge in [-0.2, -0.15) is 5.26 Å². The van der Waals surface area contributed by atoms with Crippen LogP contribution in [0, 0.1) is 18.3 Å². The van der Waals surface area contributed by atoms with Crippen LogP contribution in [0.25, 0.3) is 22.0 Å². The number of anilines is 2. The molecule has 0 saturated heterocycles. The number of fused-ring (bicyclic) bond motifs is 1. The monoisotopic (exact) mass is 381 g/mol. The van der Waals surface area contributed by atoms with Crippen LogP contribution >= 0.6 is 0 Å². The Balaban J connectivity index is 1.80. The number of aromatic nitrogens is 2. The number of aromatic amines is 1. The maximum atomic E-state index is 11.8. The molecule has 1 amide bonds. The van der Waals surface area contributed by atoms with Crippen LogP contribution in [-0.2, 0) is 0 Å². The molecule has 0 unspecified atom stereocenters. The number of carbonyl (C=O) groups excluding carboxylic acids is 1. The van der Waals surface area contributed by atoms with Crippen LogP contribution in [0.5, 0.6) is 0 Å². The number of benzene rings is 2. The van der Waals surface area contributed by atoms with Gasteiger partial charge in [0.05, 0.1) is 11.3 Å². The third-order valence-electron chi connectivity index (χ3n) is 5.01. The van der Waals surface area contributed by atoms with Gasteiger partial charge < -0.3 is 15.6 Å². The Bertz CT molecular complexity index is 1250. The maximum Gasteiger partial charge on any atom is 0.251 e. The van der Waals surface area contributed by atoms with E-state index in [4.69, 9.17) is 0 Å². The van der Waals surface area contributed by atoms with Crippen molar-refractivity contribution < 1.29 is 4.79 Å². The van der Waals surface area contributed by atoms with Gasteiger partial charge >= 0.3 is 0 Å². The van der Waals surface area contributed by atoms with E-state index in [2.05, 4.69) is 26.7 Å². The number of hydrogen-bond acceptors (Lipinski definition) is 4. The van der Waals surface area contributed by atoms with Crippen molar-refractivity contribution in [3.05, 3.63) is 77.7 Å². The molecule has 2 heterocycles. The average molecular weight is 381 g/mol. The molecule has 3 N–H and O–H groups in total. The molecular weight excluding hydrogens is 362 g/mol. The third kappa shape index (κ3) is 3.30. The second kappa shape index (κ2) is 7.49. The summed E-state index contributed by atoms with van der Waals surface area (Å²) in [6, 6.07) is 15.5. The lowest BCUT2D eigenvalue weighted by atomic mass is 10.0. The van der Waals surface area contributed by atoms with E-state index in [0.29, 0.717) is 16.8 Å². The first-order chi connectivity index (χ1) is 14.1. The average Bonchev–Trinajstić information content (AvgIpc) is 3.25. The van der Waals surface area contributed by atoms with E-state index in [-0.39, 0.29) is 5.91 Å². The predicted octanol–water partition coefficient (Wildman–Crippen LogP) is 4.51. The number of nitrogens with one attached hydrogen (secondary N) is 3. The van der Waals surface area contributed by atoms with E-state index in [9.17, 15) is 10.1 Å². The number of carbonyl (C=O) groups is 1. The molecule has 4 aromatic rings. The number of aryl methyl sites for hydroxylation is 1. The quantitative estimate of drug-likeness (QED) is 0.485. The Kier molecular flexibility index (Phi) is 4.71. The van der Waals surface area contributed by atoms with Gasteiger partial charge in [-0.3, -0.25) is 9.78 Å². The fraction of sp³-hybridized carbons (Fsp3) is 0.0870. The first kappa shape index (κ1) is 18.3. The van der Waals surface area contributed by atoms with Crippen LogP contribution in [0.1, 0.15) is 21.5 Å². The van der Waals surface area contributed by atoms with Gasteiger partial charge in [0.2, 0.25) is 0 Å². The van der Waals surface area contributed by atoms with Crippen LogP contribution < -0.4 is 10.6 Å². The molecule has 0 saturated carbocycles. The Morgan fingerprint density at radius 1 is 1.10 bits per heavy atom. The minimum absolute atomic E-state index is 0.144. The van der Waals surface area contributed by atoms with E-state index >= 15 is 0 Å². The Hall–Kier alpha value is -4.11. The van der Waals surface area contributed by atoms with E-state index in [1.54, 1.807) is 31.6 Å². The third-order valence-corrected chi connectivity index (χ3v) is 5.01. The van der Waals surface area contributed by atoms with Gasteiger partial charge in [-0.1, -0.05) is 12.1 Å². The number of nitriles is 1. The second-order valence-electron chi connectivity index (χ2n) is 6.68. The fourth-order valence-corrected chi connectivity index (χ4v) is 3.40. The lowest BCUT2D eigenvalue weighted by Crippen LogP contribution is -2.17. The van der Waals surface area contributed by atoms with Gasteiger partial charge in [-0.15, -0.1) is 0 Å². The number of nitrogens with zero attached hydrogens (tertiary/aromatic N) is 2. The van der Waals surface area contributed by atoms with E-state index in [1.807, 2.05) is 43.5 Å². The van der Waals surface area contributed by atoms with Crippen LogP contribution in [-0.4, -0.2) is 22.9 Å². The number of rotatable bonds is 4. The summed E-state index contributed by atoms with van der Waals surface area (Å²) < 4.78 is 0. The topological polar surface area (TPSA) is 93.6 Å². The molecule has 0 bridgehead atoms. The molecule has 0 spiro atoms. The summed E-state index contributed by atoms with van der Waals surface area (Å²) in [5.41, 5.74) is 6.44. The molecule has 2 aromatic heterocycles. The molecule has 0 aliphatic heterocycles. The zero-order valence-electron chi connectivity index (χ0n) is 16.1. The Labute approximate surface area is 168 Å². The van der Waals surface area contributed by atoms with Gasteiger partial charge in [-0.05, 0) is 48.4 Å². The van der Waals surface area contributed by atoms with Gasteiger partial charge in [-0.25, -0.2) is 0 Å². The van der Waals surface area contributed by atoms with Gasteiger partial charge in [0.15, 0.2) is 0 Å². The van der Waals surface area contributed by atoms with Crippen molar-refractivity contribution in [1.29, 1.82) is 5.26 Å². The molecule has 6 nitrogen and oxygen atoms in total. The van der Waals surface area contributed by atoms with Gasteiger partial charge in [0.1, 0.15) is 6.07 Å². The number of pyridine rings is 1. The molecule has 0 radical (unpaired) electrons. The van der Waals surface area contributed by atoms with Crippen molar-refractivity contribution in [2.75, 3.05) is 12.4 Å². The predicted molar refractivity (Wildman–Crippen MR) is 114 cm³/mol.